The molecule has 0 atom stereocenters. The first-order valence-corrected chi connectivity index (χ1v) is 6.15. The molecule has 1 aromatic carbocycles. The molecule has 0 radical (unpaired) electrons. The van der Waals surface area contributed by atoms with E-state index in [9.17, 15) is 0 Å². The Morgan fingerprint density at radius 3 is 2.81 bits per heavy atom. The van der Waals surface area contributed by atoms with Crippen LogP contribution < -0.4 is 4.74 Å². The molecule has 0 saturated carbocycles. The van der Waals surface area contributed by atoms with E-state index in [0.29, 0.717) is 10.9 Å². The number of rotatable bonds is 3. The molecule has 0 unspecified atom stereocenters. The van der Waals surface area contributed by atoms with Gasteiger partial charge in [-0.15, -0.1) is 11.3 Å². The smallest absolute Gasteiger partial charge is 0.140 e. The molecule has 1 aromatic heterocycles. The topological polar surface area (TPSA) is 22.1 Å². The summed E-state index contributed by atoms with van der Waals surface area (Å²) in [6, 6.07) is 6.13. The van der Waals surface area contributed by atoms with Crippen molar-refractivity contribution in [3.8, 4) is 5.75 Å². The van der Waals surface area contributed by atoms with Gasteiger partial charge in [0.25, 0.3) is 0 Å². The van der Waals surface area contributed by atoms with E-state index in [1.165, 1.54) is 16.9 Å². The average Bonchev–Trinajstić information content (AvgIpc) is 2.63. The van der Waals surface area contributed by atoms with Crippen molar-refractivity contribution in [3.63, 3.8) is 0 Å². The number of nitrogens with zero attached hydrogens (tertiary/aromatic N) is 1. The van der Waals surface area contributed by atoms with Gasteiger partial charge >= 0.3 is 0 Å². The molecule has 0 aliphatic carbocycles. The van der Waals surface area contributed by atoms with Gasteiger partial charge < -0.3 is 4.74 Å². The second-order valence-corrected chi connectivity index (χ2v) is 5.36. The second-order valence-electron chi connectivity index (χ2n) is 3.62. The number of hydrogen-bond acceptors (Lipinski definition) is 3. The van der Waals surface area contributed by atoms with E-state index in [0.717, 1.165) is 16.3 Å². The lowest BCUT2D eigenvalue weighted by Gasteiger charge is -2.07. The van der Waals surface area contributed by atoms with Gasteiger partial charge in [-0.2, -0.15) is 0 Å². The largest absolute Gasteiger partial charge is 0.486 e. The van der Waals surface area contributed by atoms with Crippen LogP contribution in [0, 0.1) is 13.8 Å². The van der Waals surface area contributed by atoms with E-state index in [1.54, 1.807) is 6.20 Å². The van der Waals surface area contributed by atoms with Crippen molar-refractivity contribution in [2.45, 2.75) is 20.5 Å². The standard InChI is InChI=1S/C12H12ClNOS/c1-8-3-4-10(9(2)5-8)15-7-12-14-6-11(13)16-12/h3-6H,7H2,1-2H3. The van der Waals surface area contributed by atoms with Crippen LogP contribution in [0.3, 0.4) is 0 Å². The molecule has 0 bridgehead atoms. The molecule has 0 aliphatic heterocycles. The highest BCUT2D eigenvalue weighted by Gasteiger charge is 2.03. The predicted octanol–water partition coefficient (Wildman–Crippen LogP) is 3.99. The van der Waals surface area contributed by atoms with Gasteiger partial charge in [-0.25, -0.2) is 4.98 Å². The molecular formula is C12H12ClNOS. The van der Waals surface area contributed by atoms with Gasteiger partial charge in [-0.05, 0) is 25.5 Å². The lowest BCUT2D eigenvalue weighted by molar-refractivity contribution is 0.303. The van der Waals surface area contributed by atoms with E-state index in [-0.39, 0.29) is 0 Å². The van der Waals surface area contributed by atoms with Gasteiger partial charge in [0.2, 0.25) is 0 Å². The third-order valence-electron chi connectivity index (χ3n) is 2.21. The monoisotopic (exact) mass is 253 g/mol. The third-order valence-corrected chi connectivity index (χ3v) is 3.30. The summed E-state index contributed by atoms with van der Waals surface area (Å²) in [6.07, 6.45) is 1.65. The lowest BCUT2D eigenvalue weighted by Crippen LogP contribution is -1.96. The Morgan fingerprint density at radius 1 is 1.38 bits per heavy atom. The number of benzene rings is 1. The van der Waals surface area contributed by atoms with E-state index in [4.69, 9.17) is 16.3 Å². The van der Waals surface area contributed by atoms with Crippen LogP contribution in [0.5, 0.6) is 5.75 Å². The first-order valence-electron chi connectivity index (χ1n) is 4.95. The third kappa shape index (κ3) is 2.74. The maximum Gasteiger partial charge on any atom is 0.140 e. The summed E-state index contributed by atoms with van der Waals surface area (Å²) in [4.78, 5) is 4.14. The molecule has 2 rings (SSSR count). The Hall–Kier alpha value is -1.06. The fourth-order valence-corrected chi connectivity index (χ4v) is 2.33. The van der Waals surface area contributed by atoms with Crippen LogP contribution in [-0.4, -0.2) is 4.98 Å². The molecule has 0 spiro atoms. The molecule has 0 saturated heterocycles. The molecule has 0 aliphatic rings. The molecule has 16 heavy (non-hydrogen) atoms. The number of hydrogen-bond donors (Lipinski definition) is 0. The highest BCUT2D eigenvalue weighted by molar-refractivity contribution is 7.15. The minimum absolute atomic E-state index is 0.473. The highest BCUT2D eigenvalue weighted by Crippen LogP contribution is 2.22. The number of thiazole rings is 1. The summed E-state index contributed by atoms with van der Waals surface area (Å²) < 4.78 is 6.37. The summed E-state index contributed by atoms with van der Waals surface area (Å²) in [6.45, 7) is 4.58. The normalized spacial score (nSPS) is 10.4. The van der Waals surface area contributed by atoms with Crippen molar-refractivity contribution in [3.05, 3.63) is 44.9 Å². The van der Waals surface area contributed by atoms with Gasteiger partial charge in [0.15, 0.2) is 0 Å². The fourth-order valence-electron chi connectivity index (χ4n) is 1.46. The molecule has 0 N–H and O–H groups in total. The van der Waals surface area contributed by atoms with E-state index >= 15 is 0 Å². The Balaban J connectivity index is 2.04. The zero-order valence-corrected chi connectivity index (χ0v) is 10.7. The van der Waals surface area contributed by atoms with Gasteiger partial charge in [0.05, 0.1) is 6.20 Å². The predicted molar refractivity (Wildman–Crippen MR) is 67.4 cm³/mol. The number of ether oxygens (including phenoxy) is 1. The summed E-state index contributed by atoms with van der Waals surface area (Å²) in [5, 5.41) is 0.893. The SMILES string of the molecule is Cc1ccc(OCc2ncc(Cl)s2)c(C)c1. The molecule has 0 amide bonds. The van der Waals surface area contributed by atoms with Crippen molar-refractivity contribution in [2.24, 2.45) is 0 Å². The van der Waals surface area contributed by atoms with Crippen LogP contribution >= 0.6 is 22.9 Å². The molecule has 2 nitrogen and oxygen atoms in total. The van der Waals surface area contributed by atoms with Crippen LogP contribution in [0.2, 0.25) is 4.34 Å². The lowest BCUT2D eigenvalue weighted by atomic mass is 10.1. The van der Waals surface area contributed by atoms with E-state index in [1.807, 2.05) is 19.1 Å². The summed E-state index contributed by atoms with van der Waals surface area (Å²) in [5.74, 6) is 0.900. The average molecular weight is 254 g/mol. The molecule has 4 heteroatoms. The molecular weight excluding hydrogens is 242 g/mol. The molecule has 0 fully saturated rings. The van der Waals surface area contributed by atoms with Crippen molar-refractivity contribution in [1.82, 2.24) is 4.98 Å². The van der Waals surface area contributed by atoms with E-state index < -0.39 is 0 Å². The molecule has 84 valence electrons. The summed E-state index contributed by atoms with van der Waals surface area (Å²) in [5.41, 5.74) is 2.38. The number of aromatic nitrogens is 1. The Labute approximate surface area is 104 Å². The van der Waals surface area contributed by atoms with Gasteiger partial charge in [0.1, 0.15) is 21.7 Å². The first kappa shape index (κ1) is 11.4. The van der Waals surface area contributed by atoms with Crippen LogP contribution in [-0.2, 0) is 6.61 Å². The Kier molecular flexibility index (Phi) is 3.46. The van der Waals surface area contributed by atoms with Crippen molar-refractivity contribution in [2.75, 3.05) is 0 Å². The summed E-state index contributed by atoms with van der Waals surface area (Å²) in [7, 11) is 0. The minimum atomic E-state index is 0.473. The van der Waals surface area contributed by atoms with Crippen molar-refractivity contribution in [1.29, 1.82) is 0 Å². The zero-order chi connectivity index (χ0) is 11.5. The van der Waals surface area contributed by atoms with Crippen LogP contribution in [0.4, 0.5) is 0 Å². The zero-order valence-electron chi connectivity index (χ0n) is 9.16. The number of halogens is 1. The maximum absolute atomic E-state index is 5.79. The fraction of sp³-hybridized carbons (Fsp3) is 0.250. The highest BCUT2D eigenvalue weighted by atomic mass is 35.5. The van der Waals surface area contributed by atoms with Crippen LogP contribution in [0.1, 0.15) is 16.1 Å². The number of aryl methyl sites for hydroxylation is 2. The van der Waals surface area contributed by atoms with Crippen LogP contribution in [0.25, 0.3) is 0 Å². The first-order chi connectivity index (χ1) is 7.65. The maximum atomic E-state index is 5.79. The Morgan fingerprint density at radius 2 is 2.19 bits per heavy atom. The van der Waals surface area contributed by atoms with Gasteiger partial charge in [0, 0.05) is 0 Å². The Bertz CT molecular complexity index is 496. The minimum Gasteiger partial charge on any atom is -0.486 e. The molecule has 2 aromatic rings. The van der Waals surface area contributed by atoms with Gasteiger partial charge in [-0.1, -0.05) is 29.3 Å². The quantitative estimate of drug-likeness (QED) is 0.825. The van der Waals surface area contributed by atoms with Crippen LogP contribution in [0.15, 0.2) is 24.4 Å². The van der Waals surface area contributed by atoms with Gasteiger partial charge in [-0.3, -0.25) is 0 Å². The van der Waals surface area contributed by atoms with Crippen molar-refractivity contribution >= 4 is 22.9 Å². The summed E-state index contributed by atoms with van der Waals surface area (Å²) >= 11 is 7.24. The molecule has 1 heterocycles. The second kappa shape index (κ2) is 4.85. The van der Waals surface area contributed by atoms with Crippen molar-refractivity contribution < 1.29 is 4.74 Å². The van der Waals surface area contributed by atoms with E-state index in [2.05, 4.69) is 18.0 Å².